The molecule has 0 radical (unpaired) electrons. The fourth-order valence-electron chi connectivity index (χ4n) is 3.52. The van der Waals surface area contributed by atoms with Crippen LogP contribution in [0.15, 0.2) is 41.0 Å². The Hall–Kier alpha value is -3.45. The second-order valence-electron chi connectivity index (χ2n) is 7.36. The van der Waals surface area contributed by atoms with Crippen LogP contribution in [-0.2, 0) is 19.2 Å². The number of nitrogens with zero attached hydrogens (tertiary/aromatic N) is 4. The van der Waals surface area contributed by atoms with Gasteiger partial charge < -0.3 is 25.9 Å². The molecule has 4 heterocycles. The van der Waals surface area contributed by atoms with E-state index < -0.39 is 23.3 Å². The molecule has 0 spiro atoms. The molecule has 2 unspecified atom stereocenters. The number of fused-ring (bicyclic) bond motifs is 1. The number of amides is 2. The summed E-state index contributed by atoms with van der Waals surface area (Å²) in [6, 6.07) is 4.52. The molecule has 4 rings (SSSR count). The lowest BCUT2D eigenvalue weighted by Gasteiger charge is -2.53. The van der Waals surface area contributed by atoms with Gasteiger partial charge in [-0.1, -0.05) is 17.3 Å². The van der Waals surface area contributed by atoms with Crippen molar-refractivity contribution in [3.63, 3.8) is 0 Å². The first-order chi connectivity index (χ1) is 15.8. The van der Waals surface area contributed by atoms with Crippen LogP contribution in [0.1, 0.15) is 11.4 Å². The molecule has 0 saturated carbocycles. The molecule has 2 fully saturated rings. The molecule has 11 nitrogen and oxygen atoms in total. The standard InChI is InChI=1S/C20H20N6O5S2/c1-31-25-13(12-8-32-19(21)23-12)15(27)24-14-16(28)26-9-20(18(29)30,10-33-17(14)26)6-5-11-4-2-3-7-22-11/h2-8,14,17H,9-10H2,1H3,(H2,21,23)(H,24,27)(H,29,30)/t14?,17-,20?/m1/s1. The van der Waals surface area contributed by atoms with E-state index in [9.17, 15) is 19.5 Å². The summed E-state index contributed by atoms with van der Waals surface area (Å²) in [4.78, 5) is 52.1. The van der Waals surface area contributed by atoms with E-state index in [1.54, 1.807) is 41.9 Å². The van der Waals surface area contributed by atoms with Crippen LogP contribution in [0.3, 0.4) is 0 Å². The third kappa shape index (κ3) is 4.41. The first-order valence-corrected chi connectivity index (χ1v) is 11.7. The number of thioether (sulfide) groups is 1. The van der Waals surface area contributed by atoms with Crippen LogP contribution >= 0.6 is 23.1 Å². The number of oxime groups is 1. The highest BCUT2D eigenvalue weighted by Crippen LogP contribution is 2.43. The minimum absolute atomic E-state index is 0.00380. The summed E-state index contributed by atoms with van der Waals surface area (Å²) in [5, 5.41) is 17.7. The molecule has 4 N–H and O–H groups in total. The summed E-state index contributed by atoms with van der Waals surface area (Å²) in [5.41, 5.74) is 5.13. The Bertz CT molecular complexity index is 1140. The quantitative estimate of drug-likeness (QED) is 0.289. The molecule has 172 valence electrons. The SMILES string of the molecule is CON=C(C(=O)NC1C(=O)N2CC(C=Cc3ccccn3)(C(=O)O)CS[C@H]12)c1csc(N)n1. The van der Waals surface area contributed by atoms with Crippen LogP contribution < -0.4 is 11.1 Å². The molecular weight excluding hydrogens is 468 g/mol. The third-order valence-electron chi connectivity index (χ3n) is 5.24. The normalized spacial score (nSPS) is 24.8. The van der Waals surface area contributed by atoms with E-state index in [2.05, 4.69) is 20.4 Å². The van der Waals surface area contributed by atoms with Crippen molar-refractivity contribution in [2.45, 2.75) is 11.4 Å². The number of nitrogens with two attached hydrogens (primary N) is 1. The molecule has 0 aliphatic carbocycles. The first kappa shape index (κ1) is 22.7. The van der Waals surface area contributed by atoms with Gasteiger partial charge in [-0.15, -0.1) is 23.1 Å². The van der Waals surface area contributed by atoms with E-state index in [1.165, 1.54) is 23.8 Å². The Balaban J connectivity index is 1.46. The van der Waals surface area contributed by atoms with Gasteiger partial charge in [0, 0.05) is 23.9 Å². The Morgan fingerprint density at radius 3 is 2.91 bits per heavy atom. The van der Waals surface area contributed by atoms with Gasteiger partial charge in [0.1, 0.15) is 29.6 Å². The third-order valence-corrected chi connectivity index (χ3v) is 7.47. The van der Waals surface area contributed by atoms with Gasteiger partial charge in [-0.25, -0.2) is 4.98 Å². The number of carboxylic acid groups (broad SMARTS) is 1. The number of aromatic nitrogens is 2. The van der Waals surface area contributed by atoms with Crippen LogP contribution in [0.5, 0.6) is 0 Å². The number of rotatable bonds is 7. The highest BCUT2D eigenvalue weighted by atomic mass is 32.2. The predicted octanol–water partition coefficient (Wildman–Crippen LogP) is 0.655. The number of carbonyl (C=O) groups excluding carboxylic acids is 2. The summed E-state index contributed by atoms with van der Waals surface area (Å²) < 4.78 is 0. The minimum atomic E-state index is -1.26. The van der Waals surface area contributed by atoms with Crippen molar-refractivity contribution in [1.82, 2.24) is 20.2 Å². The van der Waals surface area contributed by atoms with Gasteiger partial charge in [-0.05, 0) is 18.2 Å². The first-order valence-electron chi connectivity index (χ1n) is 9.74. The lowest BCUT2D eigenvalue weighted by atomic mass is 9.86. The second kappa shape index (κ2) is 9.19. The Labute approximate surface area is 196 Å². The number of carbonyl (C=O) groups is 3. The molecule has 0 bridgehead atoms. The second-order valence-corrected chi connectivity index (χ2v) is 9.36. The molecule has 2 aliphatic rings. The molecule has 2 aliphatic heterocycles. The van der Waals surface area contributed by atoms with Crippen molar-refractivity contribution in [1.29, 1.82) is 0 Å². The summed E-state index contributed by atoms with van der Waals surface area (Å²) in [6.45, 7) is -0.00380. The summed E-state index contributed by atoms with van der Waals surface area (Å²) in [6.07, 6.45) is 4.84. The van der Waals surface area contributed by atoms with Crippen molar-refractivity contribution >= 4 is 57.8 Å². The largest absolute Gasteiger partial charge is 0.481 e. The monoisotopic (exact) mass is 488 g/mol. The maximum atomic E-state index is 12.8. The Morgan fingerprint density at radius 2 is 2.27 bits per heavy atom. The van der Waals surface area contributed by atoms with Gasteiger partial charge in [0.15, 0.2) is 10.8 Å². The number of anilines is 1. The van der Waals surface area contributed by atoms with Crippen LogP contribution in [0.4, 0.5) is 5.13 Å². The number of pyridine rings is 1. The summed E-state index contributed by atoms with van der Waals surface area (Å²) in [5.74, 6) is -1.80. The van der Waals surface area contributed by atoms with E-state index in [0.29, 0.717) is 5.69 Å². The van der Waals surface area contributed by atoms with Crippen molar-refractivity contribution in [3.8, 4) is 0 Å². The fourth-order valence-corrected chi connectivity index (χ4v) is 5.58. The van der Waals surface area contributed by atoms with Gasteiger partial charge >= 0.3 is 5.97 Å². The van der Waals surface area contributed by atoms with E-state index in [4.69, 9.17) is 10.6 Å². The molecule has 2 aromatic heterocycles. The number of hydrogen-bond acceptors (Lipinski definition) is 10. The molecule has 2 amide bonds. The molecule has 3 atom stereocenters. The maximum Gasteiger partial charge on any atom is 0.316 e. The average molecular weight is 489 g/mol. The lowest BCUT2D eigenvalue weighted by Crippen LogP contribution is -2.73. The van der Waals surface area contributed by atoms with Gasteiger partial charge in [0.2, 0.25) is 5.91 Å². The van der Waals surface area contributed by atoms with E-state index in [1.807, 2.05) is 0 Å². The van der Waals surface area contributed by atoms with Crippen molar-refractivity contribution in [2.24, 2.45) is 10.6 Å². The molecule has 33 heavy (non-hydrogen) atoms. The highest BCUT2D eigenvalue weighted by molar-refractivity contribution is 8.00. The Morgan fingerprint density at radius 1 is 1.45 bits per heavy atom. The molecule has 2 aromatic rings. The van der Waals surface area contributed by atoms with E-state index in [0.717, 1.165) is 11.3 Å². The number of hydrogen-bond donors (Lipinski definition) is 3. The number of nitrogens with one attached hydrogen (secondary N) is 1. The Kier molecular flexibility index (Phi) is 6.33. The zero-order valence-electron chi connectivity index (χ0n) is 17.4. The van der Waals surface area contributed by atoms with E-state index >= 15 is 0 Å². The zero-order chi connectivity index (χ0) is 23.6. The smallest absolute Gasteiger partial charge is 0.316 e. The summed E-state index contributed by atoms with van der Waals surface area (Å²) in [7, 11) is 1.29. The van der Waals surface area contributed by atoms with Gasteiger partial charge in [0.25, 0.3) is 5.91 Å². The number of β-lactam (4-membered cyclic amide) rings is 1. The molecule has 13 heteroatoms. The lowest BCUT2D eigenvalue weighted by molar-refractivity contribution is -0.155. The zero-order valence-corrected chi connectivity index (χ0v) is 19.0. The van der Waals surface area contributed by atoms with Crippen LogP contribution in [0.25, 0.3) is 6.08 Å². The van der Waals surface area contributed by atoms with Crippen molar-refractivity contribution < 1.29 is 24.3 Å². The minimum Gasteiger partial charge on any atom is -0.481 e. The molecule has 2 saturated heterocycles. The van der Waals surface area contributed by atoms with Crippen molar-refractivity contribution in [3.05, 3.63) is 47.2 Å². The van der Waals surface area contributed by atoms with Gasteiger partial charge in [-0.3, -0.25) is 19.4 Å². The topological polar surface area (TPSA) is 160 Å². The average Bonchev–Trinajstić information content (AvgIpc) is 3.25. The summed E-state index contributed by atoms with van der Waals surface area (Å²) >= 11 is 2.44. The van der Waals surface area contributed by atoms with Crippen LogP contribution in [0, 0.1) is 5.41 Å². The maximum absolute atomic E-state index is 12.8. The number of thiazole rings is 1. The predicted molar refractivity (Wildman–Crippen MR) is 123 cm³/mol. The number of carboxylic acids is 1. The fraction of sp³-hybridized carbons (Fsp3) is 0.300. The molecule has 0 aromatic carbocycles. The van der Waals surface area contributed by atoms with Gasteiger partial charge in [-0.2, -0.15) is 0 Å². The van der Waals surface area contributed by atoms with Crippen LogP contribution in [-0.4, -0.2) is 74.3 Å². The van der Waals surface area contributed by atoms with Crippen molar-refractivity contribution in [2.75, 3.05) is 25.1 Å². The molecular formula is C20H20N6O5S2. The van der Waals surface area contributed by atoms with E-state index in [-0.39, 0.29) is 40.1 Å². The van der Waals surface area contributed by atoms with Gasteiger partial charge in [0.05, 0.1) is 5.69 Å². The number of aliphatic carboxylic acids is 1. The number of nitrogen functional groups attached to an aromatic ring is 1. The highest BCUT2D eigenvalue weighted by Gasteiger charge is 2.56. The van der Waals surface area contributed by atoms with Crippen LogP contribution in [0.2, 0.25) is 0 Å².